The molecule has 1 aliphatic heterocycles. The second kappa shape index (κ2) is 5.86. The summed E-state index contributed by atoms with van der Waals surface area (Å²) in [5.41, 5.74) is 0.342. The van der Waals surface area contributed by atoms with Gasteiger partial charge >= 0.3 is 35.5 Å². The average Bonchev–Trinajstić information content (AvgIpc) is 2.61. The number of ketones is 1. The van der Waals surface area contributed by atoms with E-state index in [1.807, 2.05) is 6.07 Å². The first-order chi connectivity index (χ1) is 7.68. The molecule has 1 aliphatic rings. The molecular formula is C11H10NNaO4. The normalized spacial score (nSPS) is 14.0. The predicted molar refractivity (Wildman–Crippen MR) is 62.8 cm³/mol. The molecule has 0 saturated heterocycles. The Balaban J connectivity index is 0.00000144. The summed E-state index contributed by atoms with van der Waals surface area (Å²) >= 11 is 0. The molecule has 0 amide bonds. The Morgan fingerprint density at radius 3 is 2.53 bits per heavy atom. The summed E-state index contributed by atoms with van der Waals surface area (Å²) in [5, 5.41) is 11.6. The molecule has 0 saturated carbocycles. The monoisotopic (exact) mass is 243 g/mol. The van der Waals surface area contributed by atoms with Crippen LogP contribution < -0.4 is 5.32 Å². The molecule has 0 fully saturated rings. The summed E-state index contributed by atoms with van der Waals surface area (Å²) in [6, 6.07) is 8.91. The van der Waals surface area contributed by atoms with Crippen LogP contribution in [0.1, 0.15) is 0 Å². The van der Waals surface area contributed by atoms with E-state index in [4.69, 9.17) is 9.84 Å². The second-order valence-electron chi connectivity index (χ2n) is 3.21. The number of nitrogens with one attached hydrogen (secondary N) is 1. The van der Waals surface area contributed by atoms with Crippen LogP contribution in [0.2, 0.25) is 0 Å². The molecule has 2 rings (SSSR count). The molecule has 1 heterocycles. The van der Waals surface area contributed by atoms with Crippen LogP contribution in [-0.4, -0.2) is 53.0 Å². The van der Waals surface area contributed by atoms with Crippen molar-refractivity contribution in [2.24, 2.45) is 0 Å². The van der Waals surface area contributed by atoms with E-state index in [9.17, 15) is 9.59 Å². The fourth-order valence-electron chi connectivity index (χ4n) is 1.38. The molecule has 0 aromatic heterocycles. The van der Waals surface area contributed by atoms with Crippen molar-refractivity contribution in [1.29, 1.82) is 0 Å². The minimum atomic E-state index is -1.28. The van der Waals surface area contributed by atoms with Gasteiger partial charge in [-0.3, -0.25) is 4.79 Å². The third-order valence-corrected chi connectivity index (χ3v) is 2.10. The number of ether oxygens (including phenoxy) is 1. The average molecular weight is 243 g/mol. The van der Waals surface area contributed by atoms with Crippen LogP contribution in [0.25, 0.3) is 0 Å². The fourth-order valence-corrected chi connectivity index (χ4v) is 1.38. The SMILES string of the molecule is O=C(O)C1=C(Nc2ccccc2)OCC1=O.[NaH]. The van der Waals surface area contributed by atoms with E-state index in [-0.39, 0.29) is 47.6 Å². The van der Waals surface area contributed by atoms with Crippen molar-refractivity contribution < 1.29 is 19.4 Å². The van der Waals surface area contributed by atoms with Crippen LogP contribution in [0, 0.1) is 0 Å². The molecule has 84 valence electrons. The quantitative estimate of drug-likeness (QED) is 0.591. The third-order valence-electron chi connectivity index (χ3n) is 2.10. The van der Waals surface area contributed by atoms with Crippen molar-refractivity contribution in [1.82, 2.24) is 0 Å². The Morgan fingerprint density at radius 1 is 1.29 bits per heavy atom. The van der Waals surface area contributed by atoms with Gasteiger partial charge in [0.2, 0.25) is 11.7 Å². The third kappa shape index (κ3) is 3.09. The van der Waals surface area contributed by atoms with Crippen LogP contribution in [-0.2, 0) is 14.3 Å². The summed E-state index contributed by atoms with van der Waals surface area (Å²) in [7, 11) is 0. The van der Waals surface area contributed by atoms with E-state index >= 15 is 0 Å². The molecule has 0 aliphatic carbocycles. The summed E-state index contributed by atoms with van der Waals surface area (Å²) < 4.78 is 4.98. The van der Waals surface area contributed by atoms with Gasteiger partial charge in [0.15, 0.2) is 12.2 Å². The van der Waals surface area contributed by atoms with Crippen molar-refractivity contribution in [2.45, 2.75) is 0 Å². The number of aliphatic carboxylic acids is 1. The molecule has 0 unspecified atom stereocenters. The van der Waals surface area contributed by atoms with Crippen LogP contribution in [0.3, 0.4) is 0 Å². The van der Waals surface area contributed by atoms with Gasteiger partial charge in [-0.1, -0.05) is 18.2 Å². The number of hydrogen-bond donors (Lipinski definition) is 2. The first kappa shape index (κ1) is 13.8. The van der Waals surface area contributed by atoms with Crippen molar-refractivity contribution >= 4 is 47.0 Å². The summed E-state index contributed by atoms with van der Waals surface area (Å²) in [4.78, 5) is 22.0. The number of carbonyl (C=O) groups is 2. The number of rotatable bonds is 3. The number of benzene rings is 1. The summed E-state index contributed by atoms with van der Waals surface area (Å²) in [6.07, 6.45) is 0. The molecule has 0 spiro atoms. The molecule has 2 N–H and O–H groups in total. The summed E-state index contributed by atoms with van der Waals surface area (Å²) in [6.45, 7) is -0.225. The number of carboxylic acid groups (broad SMARTS) is 1. The van der Waals surface area contributed by atoms with Crippen LogP contribution in [0.4, 0.5) is 5.69 Å². The number of Topliss-reactive ketones (excluding diaryl/α,β-unsaturated/α-hetero) is 1. The second-order valence-corrected chi connectivity index (χ2v) is 3.21. The maximum atomic E-state index is 11.2. The van der Waals surface area contributed by atoms with Crippen molar-refractivity contribution in [3.8, 4) is 0 Å². The maximum absolute atomic E-state index is 11.2. The van der Waals surface area contributed by atoms with E-state index in [1.54, 1.807) is 24.3 Å². The molecule has 5 nitrogen and oxygen atoms in total. The molecule has 0 atom stereocenters. The molecule has 6 heteroatoms. The van der Waals surface area contributed by atoms with E-state index < -0.39 is 11.8 Å². The van der Waals surface area contributed by atoms with Gasteiger partial charge in [-0.15, -0.1) is 0 Å². The van der Waals surface area contributed by atoms with Crippen LogP contribution >= 0.6 is 0 Å². The van der Waals surface area contributed by atoms with E-state index in [1.165, 1.54) is 0 Å². The topological polar surface area (TPSA) is 75.6 Å². The zero-order chi connectivity index (χ0) is 11.5. The predicted octanol–water partition coefficient (Wildman–Crippen LogP) is 0.345. The minimum absolute atomic E-state index is 0. The Morgan fingerprint density at radius 2 is 1.94 bits per heavy atom. The number of para-hydroxylation sites is 1. The van der Waals surface area contributed by atoms with Gasteiger partial charge < -0.3 is 15.2 Å². The van der Waals surface area contributed by atoms with Crippen molar-refractivity contribution in [2.75, 3.05) is 11.9 Å². The fraction of sp³-hybridized carbons (Fsp3) is 0.0909. The van der Waals surface area contributed by atoms with Gasteiger partial charge in [0, 0.05) is 5.69 Å². The standard InChI is InChI=1S/C11H9NO4.Na.H/c13-8-6-16-10(9(8)11(14)15)12-7-4-2-1-3-5-7;;/h1-5,12H,6H2,(H,14,15);;. The number of hydrogen-bond acceptors (Lipinski definition) is 4. The van der Waals surface area contributed by atoms with E-state index in [2.05, 4.69) is 5.32 Å². The molecule has 1 aromatic rings. The molecule has 17 heavy (non-hydrogen) atoms. The molecular weight excluding hydrogens is 233 g/mol. The van der Waals surface area contributed by atoms with Crippen LogP contribution in [0.15, 0.2) is 41.8 Å². The van der Waals surface area contributed by atoms with Gasteiger partial charge in [0.05, 0.1) is 0 Å². The van der Waals surface area contributed by atoms with E-state index in [0.717, 1.165) is 0 Å². The van der Waals surface area contributed by atoms with Gasteiger partial charge in [-0.05, 0) is 12.1 Å². The van der Waals surface area contributed by atoms with Gasteiger partial charge in [0.25, 0.3) is 0 Å². The van der Waals surface area contributed by atoms with Gasteiger partial charge in [0.1, 0.15) is 0 Å². The Labute approximate surface area is 120 Å². The van der Waals surface area contributed by atoms with Crippen molar-refractivity contribution in [3.05, 3.63) is 41.8 Å². The van der Waals surface area contributed by atoms with Gasteiger partial charge in [-0.25, -0.2) is 4.79 Å². The molecule has 0 bridgehead atoms. The molecule has 0 radical (unpaired) electrons. The first-order valence-electron chi connectivity index (χ1n) is 4.64. The molecule has 1 aromatic carbocycles. The number of anilines is 1. The zero-order valence-corrected chi connectivity index (χ0v) is 8.27. The van der Waals surface area contributed by atoms with Gasteiger partial charge in [-0.2, -0.15) is 0 Å². The Kier molecular flexibility index (Phi) is 4.74. The number of carbonyl (C=O) groups excluding carboxylic acids is 1. The van der Waals surface area contributed by atoms with Crippen LogP contribution in [0.5, 0.6) is 0 Å². The van der Waals surface area contributed by atoms with E-state index in [0.29, 0.717) is 5.69 Å². The Bertz CT molecular complexity index is 470. The first-order valence-corrected chi connectivity index (χ1v) is 4.64. The Hall–Kier alpha value is -1.30. The van der Waals surface area contributed by atoms with Crippen molar-refractivity contribution in [3.63, 3.8) is 0 Å². The zero-order valence-electron chi connectivity index (χ0n) is 8.27. The number of carboxylic acids is 1. The summed E-state index contributed by atoms with van der Waals surface area (Å²) in [5.74, 6) is -1.80.